The molecule has 4 nitrogen and oxygen atoms in total. The maximum absolute atomic E-state index is 12.5. The Bertz CT molecular complexity index is 1070. The first-order chi connectivity index (χ1) is 13.2. The van der Waals surface area contributed by atoms with Crippen LogP contribution in [0.25, 0.3) is 11.0 Å². The molecule has 0 saturated carbocycles. The van der Waals surface area contributed by atoms with Crippen LogP contribution in [0.3, 0.4) is 0 Å². The van der Waals surface area contributed by atoms with Crippen molar-refractivity contribution in [2.45, 2.75) is 19.5 Å². The minimum absolute atomic E-state index is 0.0352. The summed E-state index contributed by atoms with van der Waals surface area (Å²) in [7, 11) is 0. The van der Waals surface area contributed by atoms with Gasteiger partial charge in [-0.2, -0.15) is 0 Å². The molecule has 2 heterocycles. The van der Waals surface area contributed by atoms with E-state index >= 15 is 0 Å². The minimum Gasteiger partial charge on any atom is -0.350 e. The molecule has 136 valence electrons. The number of halogens is 1. The molecule has 2 aromatic carbocycles. The van der Waals surface area contributed by atoms with Crippen LogP contribution < -0.4 is 5.32 Å². The third-order valence-electron chi connectivity index (χ3n) is 4.38. The van der Waals surface area contributed by atoms with E-state index in [9.17, 15) is 4.79 Å². The summed E-state index contributed by atoms with van der Waals surface area (Å²) in [5, 5.41) is 5.70. The summed E-state index contributed by atoms with van der Waals surface area (Å²) in [6.07, 6.45) is 0.576. The first-order valence-electron chi connectivity index (χ1n) is 8.67. The summed E-state index contributed by atoms with van der Waals surface area (Å²) >= 11 is 7.96. The molecule has 4 aromatic rings. The topological polar surface area (TPSA) is 46.9 Å². The molecule has 1 amide bonds. The largest absolute Gasteiger partial charge is 0.350 e. The fourth-order valence-electron chi connectivity index (χ4n) is 3.05. The Morgan fingerprint density at radius 2 is 1.89 bits per heavy atom. The first kappa shape index (κ1) is 17.8. The lowest BCUT2D eigenvalue weighted by atomic mass is 10.1. The molecule has 0 aliphatic heterocycles. The fourth-order valence-corrected chi connectivity index (χ4v) is 3.89. The van der Waals surface area contributed by atoms with Gasteiger partial charge in [-0.1, -0.05) is 48.0 Å². The first-order valence-corrected chi connectivity index (χ1v) is 9.93. The number of rotatable bonds is 6. The number of amides is 1. The van der Waals surface area contributed by atoms with E-state index in [0.29, 0.717) is 18.0 Å². The van der Waals surface area contributed by atoms with Crippen LogP contribution in [-0.4, -0.2) is 15.5 Å². The van der Waals surface area contributed by atoms with Crippen molar-refractivity contribution in [1.82, 2.24) is 14.9 Å². The highest BCUT2D eigenvalue weighted by molar-refractivity contribution is 7.09. The second-order valence-electron chi connectivity index (χ2n) is 6.23. The lowest BCUT2D eigenvalue weighted by molar-refractivity contribution is -0.121. The molecule has 0 radical (unpaired) electrons. The van der Waals surface area contributed by atoms with Gasteiger partial charge in [0.1, 0.15) is 12.4 Å². The highest BCUT2D eigenvalue weighted by Gasteiger charge is 2.15. The summed E-state index contributed by atoms with van der Waals surface area (Å²) in [5.41, 5.74) is 2.83. The molecule has 27 heavy (non-hydrogen) atoms. The molecular formula is C21H18ClN3OS. The van der Waals surface area contributed by atoms with Crippen molar-refractivity contribution in [3.8, 4) is 0 Å². The second-order valence-corrected chi connectivity index (χ2v) is 7.67. The Morgan fingerprint density at radius 1 is 1.07 bits per heavy atom. The van der Waals surface area contributed by atoms with Gasteiger partial charge >= 0.3 is 0 Å². The lowest BCUT2D eigenvalue weighted by Gasteiger charge is -2.10. The van der Waals surface area contributed by atoms with Crippen LogP contribution in [0, 0.1) is 0 Å². The molecule has 0 bridgehead atoms. The molecule has 0 spiro atoms. The average Bonchev–Trinajstić information content (AvgIpc) is 3.31. The SMILES string of the molecule is O=C(Cn1c(Cc2ccccc2Cl)nc2ccccc21)NCc1cccs1. The van der Waals surface area contributed by atoms with Crippen LogP contribution in [0.4, 0.5) is 0 Å². The van der Waals surface area contributed by atoms with Crippen LogP contribution in [-0.2, 0) is 24.3 Å². The molecule has 6 heteroatoms. The summed E-state index contributed by atoms with van der Waals surface area (Å²) in [5.74, 6) is 0.794. The van der Waals surface area contributed by atoms with E-state index in [1.807, 2.05) is 70.6 Å². The Kier molecular flexibility index (Phi) is 5.23. The van der Waals surface area contributed by atoms with Crippen LogP contribution in [0.15, 0.2) is 66.0 Å². The zero-order valence-electron chi connectivity index (χ0n) is 14.6. The van der Waals surface area contributed by atoms with Gasteiger partial charge in [-0.15, -0.1) is 11.3 Å². The van der Waals surface area contributed by atoms with Gasteiger partial charge in [0.05, 0.1) is 17.6 Å². The van der Waals surface area contributed by atoms with Crippen LogP contribution in [0.1, 0.15) is 16.3 Å². The lowest BCUT2D eigenvalue weighted by Crippen LogP contribution is -2.27. The summed E-state index contributed by atoms with van der Waals surface area (Å²) in [6.45, 7) is 0.772. The highest BCUT2D eigenvalue weighted by Crippen LogP contribution is 2.22. The van der Waals surface area contributed by atoms with Crippen molar-refractivity contribution in [2.75, 3.05) is 0 Å². The summed E-state index contributed by atoms with van der Waals surface area (Å²) < 4.78 is 1.97. The monoisotopic (exact) mass is 395 g/mol. The highest BCUT2D eigenvalue weighted by atomic mass is 35.5. The fraction of sp³-hybridized carbons (Fsp3) is 0.143. The smallest absolute Gasteiger partial charge is 0.240 e. The summed E-state index contributed by atoms with van der Waals surface area (Å²) in [6, 6.07) is 19.6. The molecule has 2 aromatic heterocycles. The van der Waals surface area contributed by atoms with Crippen molar-refractivity contribution >= 4 is 39.9 Å². The van der Waals surface area contributed by atoms with Gasteiger partial charge in [0.2, 0.25) is 5.91 Å². The number of para-hydroxylation sites is 2. The van der Waals surface area contributed by atoms with Gasteiger partial charge in [0.15, 0.2) is 0 Å². The van der Waals surface area contributed by atoms with Crippen molar-refractivity contribution < 1.29 is 4.79 Å². The van der Waals surface area contributed by atoms with E-state index in [1.54, 1.807) is 11.3 Å². The molecule has 0 unspecified atom stereocenters. The summed E-state index contributed by atoms with van der Waals surface area (Å²) in [4.78, 5) is 18.4. The van der Waals surface area contributed by atoms with Crippen molar-refractivity contribution in [3.63, 3.8) is 0 Å². The van der Waals surface area contributed by atoms with Crippen LogP contribution in [0.2, 0.25) is 5.02 Å². The average molecular weight is 396 g/mol. The standard InChI is InChI=1S/C21H18ClN3OS/c22-17-8-2-1-6-15(17)12-20-24-18-9-3-4-10-19(18)25(20)14-21(26)23-13-16-7-5-11-27-16/h1-11H,12-14H2,(H,23,26). The molecule has 0 aliphatic rings. The van der Waals surface area contributed by atoms with E-state index in [2.05, 4.69) is 5.32 Å². The van der Waals surface area contributed by atoms with E-state index in [0.717, 1.165) is 27.3 Å². The Balaban J connectivity index is 1.60. The maximum atomic E-state index is 12.5. The van der Waals surface area contributed by atoms with Crippen LogP contribution in [0.5, 0.6) is 0 Å². The molecule has 4 rings (SSSR count). The molecule has 0 saturated heterocycles. The van der Waals surface area contributed by atoms with E-state index in [-0.39, 0.29) is 12.5 Å². The predicted molar refractivity (Wildman–Crippen MR) is 110 cm³/mol. The number of benzene rings is 2. The number of carbonyl (C=O) groups excluding carboxylic acids is 1. The third-order valence-corrected chi connectivity index (χ3v) is 5.63. The number of carbonyl (C=O) groups is 1. The van der Waals surface area contributed by atoms with Crippen LogP contribution >= 0.6 is 22.9 Å². The number of nitrogens with zero attached hydrogens (tertiary/aromatic N) is 2. The van der Waals surface area contributed by atoms with Gasteiger partial charge in [0, 0.05) is 16.3 Å². The van der Waals surface area contributed by atoms with Crippen molar-refractivity contribution in [3.05, 3.63) is 87.3 Å². The third kappa shape index (κ3) is 4.04. The van der Waals surface area contributed by atoms with E-state index < -0.39 is 0 Å². The second kappa shape index (κ2) is 7.94. The number of fused-ring (bicyclic) bond motifs is 1. The van der Waals surface area contributed by atoms with Crippen molar-refractivity contribution in [1.29, 1.82) is 0 Å². The predicted octanol–water partition coefficient (Wildman–Crippen LogP) is 4.66. The molecule has 0 aliphatic carbocycles. The van der Waals surface area contributed by atoms with E-state index in [1.165, 1.54) is 0 Å². The van der Waals surface area contributed by atoms with Crippen molar-refractivity contribution in [2.24, 2.45) is 0 Å². The molecule has 1 N–H and O–H groups in total. The van der Waals surface area contributed by atoms with E-state index in [4.69, 9.17) is 16.6 Å². The number of hydrogen-bond acceptors (Lipinski definition) is 3. The van der Waals surface area contributed by atoms with Gasteiger partial charge in [-0.25, -0.2) is 4.98 Å². The van der Waals surface area contributed by atoms with Gasteiger partial charge in [-0.3, -0.25) is 4.79 Å². The number of imidazole rings is 1. The zero-order chi connectivity index (χ0) is 18.6. The number of thiophene rings is 1. The molecule has 0 atom stereocenters. The zero-order valence-corrected chi connectivity index (χ0v) is 16.1. The van der Waals surface area contributed by atoms with Gasteiger partial charge < -0.3 is 9.88 Å². The quantitative estimate of drug-likeness (QED) is 0.516. The Morgan fingerprint density at radius 3 is 2.70 bits per heavy atom. The number of aromatic nitrogens is 2. The normalized spacial score (nSPS) is 11.0. The minimum atomic E-state index is -0.0352. The Hall–Kier alpha value is -2.63. The molecular weight excluding hydrogens is 378 g/mol. The Labute approximate surface area is 166 Å². The van der Waals surface area contributed by atoms with Gasteiger partial charge in [-0.05, 0) is 35.2 Å². The van der Waals surface area contributed by atoms with Gasteiger partial charge in [0.25, 0.3) is 0 Å². The number of nitrogens with one attached hydrogen (secondary N) is 1. The molecule has 0 fully saturated rings. The number of hydrogen-bond donors (Lipinski definition) is 1. The maximum Gasteiger partial charge on any atom is 0.240 e.